The molecule has 2 saturated carbocycles. The number of likely N-dealkylation sites (N-methyl/N-ethyl adjacent to an activating group) is 1. The van der Waals surface area contributed by atoms with E-state index in [-0.39, 0.29) is 24.4 Å². The van der Waals surface area contributed by atoms with Crippen molar-refractivity contribution in [2.45, 2.75) is 88.0 Å². The van der Waals surface area contributed by atoms with Crippen LogP contribution in [0.3, 0.4) is 0 Å². The van der Waals surface area contributed by atoms with Crippen molar-refractivity contribution in [3.05, 3.63) is 57.6 Å². The van der Waals surface area contributed by atoms with E-state index in [0.29, 0.717) is 29.4 Å². The number of piperidine rings is 1. The number of carbonyl (C=O) groups excluding carboxylic acids is 2. The number of benzene rings is 2. The lowest BCUT2D eigenvalue weighted by Crippen LogP contribution is -2.78. The molecule has 5 aliphatic rings. The molecule has 2 heterocycles. The maximum Gasteiger partial charge on any atom is 0.308 e. The Hall–Kier alpha value is -2.61. The second-order valence-electron chi connectivity index (χ2n) is 12.7. The van der Waals surface area contributed by atoms with Gasteiger partial charge < -0.3 is 19.5 Å². The number of halogens is 1. The van der Waals surface area contributed by atoms with E-state index in [0.717, 1.165) is 54.1 Å². The Bertz CT molecular complexity index is 1410. The Morgan fingerprint density at radius 1 is 1.20 bits per heavy atom. The van der Waals surface area contributed by atoms with Gasteiger partial charge in [0.2, 0.25) is 5.91 Å². The third-order valence-corrected chi connectivity index (χ3v) is 10.9. The molecule has 1 saturated heterocycles. The number of ether oxygens (including phenoxy) is 2. The van der Waals surface area contributed by atoms with Gasteiger partial charge in [-0.15, -0.1) is 0 Å². The van der Waals surface area contributed by atoms with Crippen LogP contribution >= 0.6 is 11.6 Å². The van der Waals surface area contributed by atoms with Gasteiger partial charge in [0.1, 0.15) is 6.10 Å². The first kappa shape index (κ1) is 26.3. The van der Waals surface area contributed by atoms with E-state index in [1.165, 1.54) is 19.8 Å². The molecule has 3 aliphatic carbocycles. The van der Waals surface area contributed by atoms with Crippen molar-refractivity contribution in [3.63, 3.8) is 0 Å². The predicted molar refractivity (Wildman–Crippen MR) is 151 cm³/mol. The molecular formula is C32H37ClN2O5. The van der Waals surface area contributed by atoms with Gasteiger partial charge >= 0.3 is 5.97 Å². The standard InChI is InChI=1S/C32H37ClN2O5/c1-18-4-5-21(14-23(18)33)15-27(37)34(3)24-10-11-32(38)26-16-22-8-9-25(39-19(2)36)29-28(22)31(32,30(24)40-29)12-13-35(26)17-20-6-7-20/h4-5,8-9,14,20,24,26,30,38H,6-7,10-13,15-17H2,1-3H3/t24?,26-,30+,31+,32-/m1/s1. The largest absolute Gasteiger partial charge is 0.483 e. The molecular weight excluding hydrogens is 528 g/mol. The van der Waals surface area contributed by atoms with Crippen LogP contribution in [0.1, 0.15) is 61.3 Å². The number of amides is 1. The average Bonchev–Trinajstić information content (AvgIpc) is 3.65. The highest BCUT2D eigenvalue weighted by Gasteiger charge is 2.73. The molecule has 2 aromatic carbocycles. The highest BCUT2D eigenvalue weighted by atomic mass is 35.5. The van der Waals surface area contributed by atoms with Crippen molar-refractivity contribution in [2.75, 3.05) is 20.1 Å². The van der Waals surface area contributed by atoms with Gasteiger partial charge in [-0.25, -0.2) is 0 Å². The zero-order chi connectivity index (χ0) is 28.0. The number of aryl methyl sites for hydroxylation is 1. The first-order valence-electron chi connectivity index (χ1n) is 14.6. The Morgan fingerprint density at radius 3 is 2.73 bits per heavy atom. The van der Waals surface area contributed by atoms with Crippen LogP contribution in [0.4, 0.5) is 0 Å². The van der Waals surface area contributed by atoms with E-state index in [1.54, 1.807) is 0 Å². The molecule has 2 bridgehead atoms. The zero-order valence-corrected chi connectivity index (χ0v) is 24.2. The molecule has 0 aromatic heterocycles. The van der Waals surface area contributed by atoms with Crippen LogP contribution in [-0.2, 0) is 27.8 Å². The van der Waals surface area contributed by atoms with Crippen molar-refractivity contribution in [3.8, 4) is 11.5 Å². The van der Waals surface area contributed by atoms with Crippen molar-refractivity contribution in [2.24, 2.45) is 5.92 Å². The van der Waals surface area contributed by atoms with Crippen LogP contribution < -0.4 is 9.47 Å². The minimum Gasteiger partial charge on any atom is -0.483 e. The Kier molecular flexibility index (Phi) is 6.05. The smallest absolute Gasteiger partial charge is 0.308 e. The summed E-state index contributed by atoms with van der Waals surface area (Å²) in [5, 5.41) is 13.4. The van der Waals surface area contributed by atoms with Gasteiger partial charge in [-0.05, 0) is 86.7 Å². The SMILES string of the molecule is CC(=O)Oc1ccc2c3c1O[C@H]1C(N(C)C(=O)Cc4ccc(C)c(Cl)c4)CC[C@@]4(O)[C@@H](C2)N(CC2CC2)CC[C@]314. The highest BCUT2D eigenvalue weighted by molar-refractivity contribution is 6.31. The number of carbonyl (C=O) groups is 2. The number of rotatable bonds is 6. The molecule has 40 heavy (non-hydrogen) atoms. The Morgan fingerprint density at radius 2 is 2.00 bits per heavy atom. The van der Waals surface area contributed by atoms with Crippen LogP contribution in [0, 0.1) is 12.8 Å². The number of hydrogen-bond acceptors (Lipinski definition) is 6. The zero-order valence-electron chi connectivity index (χ0n) is 23.4. The first-order chi connectivity index (χ1) is 19.1. The van der Waals surface area contributed by atoms with Gasteiger partial charge in [-0.2, -0.15) is 0 Å². The summed E-state index contributed by atoms with van der Waals surface area (Å²) < 4.78 is 12.4. The quantitative estimate of drug-likeness (QED) is 0.418. The van der Waals surface area contributed by atoms with Crippen LogP contribution in [0.2, 0.25) is 5.02 Å². The number of nitrogens with zero attached hydrogens (tertiary/aromatic N) is 2. The second-order valence-corrected chi connectivity index (χ2v) is 13.1. The number of likely N-dealkylation sites (tertiary alicyclic amines) is 1. The minimum absolute atomic E-state index is 0.00244. The van der Waals surface area contributed by atoms with Gasteiger partial charge in [0.25, 0.3) is 0 Å². The summed E-state index contributed by atoms with van der Waals surface area (Å²) in [6.07, 6.45) is 5.07. The second kappa shape index (κ2) is 9.20. The third-order valence-electron chi connectivity index (χ3n) is 10.5. The van der Waals surface area contributed by atoms with Crippen LogP contribution in [0.25, 0.3) is 0 Å². The molecule has 1 N–H and O–H groups in total. The van der Waals surface area contributed by atoms with Crippen LogP contribution in [-0.4, -0.2) is 70.7 Å². The topological polar surface area (TPSA) is 79.3 Å². The maximum atomic E-state index is 13.7. The molecule has 7 rings (SSSR count). The van der Waals surface area contributed by atoms with Crippen molar-refractivity contribution >= 4 is 23.5 Å². The fourth-order valence-electron chi connectivity index (χ4n) is 8.31. The fourth-order valence-corrected chi connectivity index (χ4v) is 8.51. The lowest BCUT2D eigenvalue weighted by atomic mass is 9.48. The summed E-state index contributed by atoms with van der Waals surface area (Å²) >= 11 is 6.35. The Balaban J connectivity index is 1.27. The monoisotopic (exact) mass is 564 g/mol. The van der Waals surface area contributed by atoms with Gasteiger partial charge in [-0.1, -0.05) is 29.8 Å². The van der Waals surface area contributed by atoms with Gasteiger partial charge in [0.05, 0.1) is 23.5 Å². The minimum atomic E-state index is -0.983. The summed E-state index contributed by atoms with van der Waals surface area (Å²) in [5.41, 5.74) is 2.36. The van der Waals surface area contributed by atoms with Crippen molar-refractivity contribution in [1.29, 1.82) is 0 Å². The molecule has 8 heteroatoms. The van der Waals surface area contributed by atoms with Crippen LogP contribution in [0.15, 0.2) is 30.3 Å². The summed E-state index contributed by atoms with van der Waals surface area (Å²) in [4.78, 5) is 30.0. The molecule has 1 unspecified atom stereocenters. The summed E-state index contributed by atoms with van der Waals surface area (Å²) in [5.74, 6) is 1.29. The van der Waals surface area contributed by atoms with E-state index in [4.69, 9.17) is 21.1 Å². The van der Waals surface area contributed by atoms with Gasteiger partial charge in [0, 0.05) is 37.1 Å². The molecule has 1 amide bonds. The summed E-state index contributed by atoms with van der Waals surface area (Å²) in [7, 11) is 1.85. The summed E-state index contributed by atoms with van der Waals surface area (Å²) in [6, 6.07) is 9.41. The summed E-state index contributed by atoms with van der Waals surface area (Å²) in [6.45, 7) is 5.25. The lowest BCUT2D eigenvalue weighted by Gasteiger charge is -2.64. The number of aliphatic hydroxyl groups is 1. The maximum absolute atomic E-state index is 13.7. The van der Waals surface area contributed by atoms with E-state index in [9.17, 15) is 14.7 Å². The number of esters is 1. The fraction of sp³-hybridized carbons (Fsp3) is 0.562. The predicted octanol–water partition coefficient (Wildman–Crippen LogP) is 4.21. The van der Waals surface area contributed by atoms with E-state index >= 15 is 0 Å². The molecule has 3 fully saturated rings. The van der Waals surface area contributed by atoms with Crippen LogP contribution in [0.5, 0.6) is 11.5 Å². The first-order valence-corrected chi connectivity index (χ1v) is 15.0. The van der Waals surface area contributed by atoms with Gasteiger partial charge in [-0.3, -0.25) is 14.5 Å². The average molecular weight is 565 g/mol. The molecule has 7 nitrogen and oxygen atoms in total. The van der Waals surface area contributed by atoms with Gasteiger partial charge in [0.15, 0.2) is 11.5 Å². The Labute approximate surface area is 240 Å². The molecule has 1 spiro atoms. The molecule has 5 atom stereocenters. The lowest BCUT2D eigenvalue weighted by molar-refractivity contribution is -0.200. The molecule has 0 radical (unpaired) electrons. The normalized spacial score (nSPS) is 31.8. The van der Waals surface area contributed by atoms with E-state index in [1.807, 2.05) is 43.1 Å². The highest BCUT2D eigenvalue weighted by Crippen LogP contribution is 2.66. The van der Waals surface area contributed by atoms with Crippen molar-refractivity contribution in [1.82, 2.24) is 9.80 Å². The molecule has 212 valence electrons. The van der Waals surface area contributed by atoms with E-state index in [2.05, 4.69) is 11.0 Å². The van der Waals surface area contributed by atoms with E-state index < -0.39 is 23.1 Å². The molecule has 2 aliphatic heterocycles. The van der Waals surface area contributed by atoms with Crippen molar-refractivity contribution < 1.29 is 24.2 Å². The molecule has 2 aromatic rings. The number of hydrogen-bond donors (Lipinski definition) is 1. The third kappa shape index (κ3) is 3.77.